The Balaban J connectivity index is 3.95. The molecule has 1 atom stereocenters. The Bertz CT molecular complexity index is 239. The molecule has 0 aromatic carbocycles. The maximum absolute atomic E-state index is 11.1. The molecule has 0 aromatic heterocycles. The second-order valence-electron chi connectivity index (χ2n) is 3.82. The van der Waals surface area contributed by atoms with E-state index in [1.54, 1.807) is 0 Å². The lowest BCUT2D eigenvalue weighted by molar-refractivity contribution is 0.117. The van der Waals surface area contributed by atoms with Crippen LogP contribution in [0.5, 0.6) is 0 Å². The summed E-state index contributed by atoms with van der Waals surface area (Å²) in [5, 5.41) is 3.18. The van der Waals surface area contributed by atoms with Gasteiger partial charge in [-0.05, 0) is 19.4 Å². The van der Waals surface area contributed by atoms with Crippen LogP contribution in [0.1, 0.15) is 26.7 Å². The van der Waals surface area contributed by atoms with Gasteiger partial charge in [0.1, 0.15) is 9.84 Å². The van der Waals surface area contributed by atoms with Gasteiger partial charge in [-0.15, -0.1) is 0 Å². The SMILES string of the molecule is CCCNC(COCCC)CS(C)(=O)=O. The summed E-state index contributed by atoms with van der Waals surface area (Å²) in [4.78, 5) is 0. The molecule has 0 radical (unpaired) electrons. The third-order valence-electron chi connectivity index (χ3n) is 1.85. The second-order valence-corrected chi connectivity index (χ2v) is 6.00. The molecule has 0 aromatic rings. The molecular weight excluding hydrogens is 214 g/mol. The summed E-state index contributed by atoms with van der Waals surface area (Å²) in [5.74, 6) is 0.150. The summed E-state index contributed by atoms with van der Waals surface area (Å²) in [7, 11) is -2.93. The fourth-order valence-corrected chi connectivity index (χ4v) is 2.19. The highest BCUT2D eigenvalue weighted by Crippen LogP contribution is 1.94. The van der Waals surface area contributed by atoms with E-state index in [9.17, 15) is 8.42 Å². The Labute approximate surface area is 93.3 Å². The zero-order valence-electron chi connectivity index (χ0n) is 9.95. The molecule has 0 aliphatic heterocycles. The highest BCUT2D eigenvalue weighted by atomic mass is 32.2. The molecule has 0 bridgehead atoms. The van der Waals surface area contributed by atoms with Crippen molar-refractivity contribution in [2.24, 2.45) is 0 Å². The minimum Gasteiger partial charge on any atom is -0.380 e. The fourth-order valence-electron chi connectivity index (χ4n) is 1.25. The number of nitrogens with one attached hydrogen (secondary N) is 1. The van der Waals surface area contributed by atoms with E-state index in [1.165, 1.54) is 6.26 Å². The first-order chi connectivity index (χ1) is 6.99. The van der Waals surface area contributed by atoms with Crippen molar-refractivity contribution in [3.63, 3.8) is 0 Å². The van der Waals surface area contributed by atoms with Crippen molar-refractivity contribution in [3.05, 3.63) is 0 Å². The summed E-state index contributed by atoms with van der Waals surface area (Å²) in [6, 6.07) is -0.0773. The number of sulfone groups is 1. The van der Waals surface area contributed by atoms with Gasteiger partial charge in [0.25, 0.3) is 0 Å². The monoisotopic (exact) mass is 237 g/mol. The summed E-state index contributed by atoms with van der Waals surface area (Å²) in [5.41, 5.74) is 0. The number of hydrogen-bond acceptors (Lipinski definition) is 4. The van der Waals surface area contributed by atoms with Gasteiger partial charge in [0.05, 0.1) is 12.4 Å². The van der Waals surface area contributed by atoms with Crippen molar-refractivity contribution in [1.82, 2.24) is 5.32 Å². The van der Waals surface area contributed by atoms with Crippen molar-refractivity contribution in [1.29, 1.82) is 0 Å². The average Bonchev–Trinajstić information content (AvgIpc) is 2.12. The van der Waals surface area contributed by atoms with E-state index in [1.807, 2.05) is 6.92 Å². The molecule has 0 heterocycles. The van der Waals surface area contributed by atoms with Crippen molar-refractivity contribution in [3.8, 4) is 0 Å². The molecule has 0 amide bonds. The Morgan fingerprint density at radius 1 is 1.27 bits per heavy atom. The van der Waals surface area contributed by atoms with Gasteiger partial charge in [0, 0.05) is 18.9 Å². The Hall–Kier alpha value is -0.130. The molecule has 0 saturated heterocycles. The largest absolute Gasteiger partial charge is 0.380 e. The van der Waals surface area contributed by atoms with E-state index in [-0.39, 0.29) is 11.8 Å². The molecule has 1 unspecified atom stereocenters. The molecule has 0 saturated carbocycles. The van der Waals surface area contributed by atoms with Gasteiger partial charge in [0.2, 0.25) is 0 Å². The summed E-state index contributed by atoms with van der Waals surface area (Å²) in [6.45, 7) is 6.08. The normalized spacial score (nSPS) is 14.1. The molecule has 15 heavy (non-hydrogen) atoms. The first kappa shape index (κ1) is 14.9. The highest BCUT2D eigenvalue weighted by Gasteiger charge is 2.14. The molecule has 5 heteroatoms. The third-order valence-corrected chi connectivity index (χ3v) is 2.86. The van der Waals surface area contributed by atoms with Gasteiger partial charge >= 0.3 is 0 Å². The van der Waals surface area contributed by atoms with Gasteiger partial charge in [-0.2, -0.15) is 0 Å². The average molecular weight is 237 g/mol. The van der Waals surface area contributed by atoms with Gasteiger partial charge in [-0.3, -0.25) is 0 Å². The van der Waals surface area contributed by atoms with Crippen molar-refractivity contribution < 1.29 is 13.2 Å². The Morgan fingerprint density at radius 3 is 2.40 bits per heavy atom. The molecule has 92 valence electrons. The first-order valence-electron chi connectivity index (χ1n) is 5.48. The van der Waals surface area contributed by atoms with E-state index in [0.717, 1.165) is 19.4 Å². The molecule has 0 fully saturated rings. The minimum absolute atomic E-state index is 0.0773. The van der Waals surface area contributed by atoms with Crippen molar-refractivity contribution >= 4 is 9.84 Å². The zero-order valence-corrected chi connectivity index (χ0v) is 10.8. The molecule has 0 aliphatic rings. The van der Waals surface area contributed by atoms with Crippen LogP contribution in [0.25, 0.3) is 0 Å². The lowest BCUT2D eigenvalue weighted by Crippen LogP contribution is -2.39. The number of ether oxygens (including phenoxy) is 1. The molecule has 0 spiro atoms. The van der Waals surface area contributed by atoms with Gasteiger partial charge in [-0.25, -0.2) is 8.42 Å². The van der Waals surface area contributed by atoms with Crippen LogP contribution in [0.3, 0.4) is 0 Å². The number of hydrogen-bond donors (Lipinski definition) is 1. The van der Waals surface area contributed by atoms with Gasteiger partial charge in [-0.1, -0.05) is 13.8 Å². The number of rotatable bonds is 9. The van der Waals surface area contributed by atoms with E-state index in [4.69, 9.17) is 4.74 Å². The first-order valence-corrected chi connectivity index (χ1v) is 7.54. The maximum Gasteiger partial charge on any atom is 0.149 e. The van der Waals surface area contributed by atoms with E-state index in [0.29, 0.717) is 13.2 Å². The highest BCUT2D eigenvalue weighted by molar-refractivity contribution is 7.90. The van der Waals surface area contributed by atoms with Crippen LogP contribution in [0.4, 0.5) is 0 Å². The Kier molecular flexibility index (Phi) is 8.00. The minimum atomic E-state index is -2.93. The fraction of sp³-hybridized carbons (Fsp3) is 1.00. The smallest absolute Gasteiger partial charge is 0.149 e. The lowest BCUT2D eigenvalue weighted by atomic mass is 10.3. The summed E-state index contributed by atoms with van der Waals surface area (Å²) < 4.78 is 27.6. The predicted octanol–water partition coefficient (Wildman–Crippen LogP) is 0.826. The van der Waals surface area contributed by atoms with Crippen LogP contribution in [-0.4, -0.2) is 46.2 Å². The predicted molar refractivity (Wildman–Crippen MR) is 62.9 cm³/mol. The maximum atomic E-state index is 11.1. The van der Waals surface area contributed by atoms with Crippen LogP contribution in [-0.2, 0) is 14.6 Å². The third kappa shape index (κ3) is 10.2. The van der Waals surface area contributed by atoms with Gasteiger partial charge < -0.3 is 10.1 Å². The van der Waals surface area contributed by atoms with Crippen LogP contribution in [0, 0.1) is 0 Å². The van der Waals surface area contributed by atoms with Crippen LogP contribution >= 0.6 is 0 Å². The Morgan fingerprint density at radius 2 is 1.93 bits per heavy atom. The second kappa shape index (κ2) is 8.07. The standard InChI is InChI=1S/C10H23NO3S/c1-4-6-11-10(8-14-7-5-2)9-15(3,12)13/h10-11H,4-9H2,1-3H3. The molecule has 0 rings (SSSR count). The quantitative estimate of drug-likeness (QED) is 0.603. The summed E-state index contributed by atoms with van der Waals surface area (Å²) in [6.07, 6.45) is 3.21. The summed E-state index contributed by atoms with van der Waals surface area (Å²) >= 11 is 0. The van der Waals surface area contributed by atoms with E-state index >= 15 is 0 Å². The lowest BCUT2D eigenvalue weighted by Gasteiger charge is -2.17. The van der Waals surface area contributed by atoms with Gasteiger partial charge in [0.15, 0.2) is 0 Å². The molecule has 1 N–H and O–H groups in total. The van der Waals surface area contributed by atoms with E-state index < -0.39 is 9.84 Å². The van der Waals surface area contributed by atoms with Crippen molar-refractivity contribution in [2.45, 2.75) is 32.7 Å². The molecule has 4 nitrogen and oxygen atoms in total. The van der Waals surface area contributed by atoms with Crippen molar-refractivity contribution in [2.75, 3.05) is 31.8 Å². The van der Waals surface area contributed by atoms with Crippen LogP contribution in [0.15, 0.2) is 0 Å². The molecule has 0 aliphatic carbocycles. The zero-order chi connectivity index (χ0) is 11.7. The topological polar surface area (TPSA) is 55.4 Å². The molecular formula is C10H23NO3S. The van der Waals surface area contributed by atoms with Crippen LogP contribution in [0.2, 0.25) is 0 Å². The van der Waals surface area contributed by atoms with Crippen LogP contribution < -0.4 is 5.32 Å². The van der Waals surface area contributed by atoms with E-state index in [2.05, 4.69) is 12.2 Å².